The van der Waals surface area contributed by atoms with Crippen LogP contribution < -0.4 is 10.6 Å². The Morgan fingerprint density at radius 1 is 0.833 bits per heavy atom. The number of aromatic nitrogens is 2. The lowest BCUT2D eigenvalue weighted by molar-refractivity contribution is 0.0946. The molecule has 1 heterocycles. The smallest absolute Gasteiger partial charge is 0.270 e. The van der Waals surface area contributed by atoms with Gasteiger partial charge in [0.25, 0.3) is 5.91 Å². The molecule has 0 aliphatic rings. The number of hydrogen-bond donors (Lipinski definition) is 2. The van der Waals surface area contributed by atoms with Crippen LogP contribution >= 0.6 is 0 Å². The molecule has 1 aromatic heterocycles. The van der Waals surface area contributed by atoms with Gasteiger partial charge >= 0.3 is 0 Å². The highest BCUT2D eigenvalue weighted by Crippen LogP contribution is 2.05. The summed E-state index contributed by atoms with van der Waals surface area (Å²) in [5.74, 6) is 0.218. The topological polar surface area (TPSA) is 66.9 Å². The van der Waals surface area contributed by atoms with Crippen molar-refractivity contribution in [3.8, 4) is 0 Å². The molecule has 0 aliphatic heterocycles. The zero-order valence-corrected chi connectivity index (χ0v) is 13.1. The molecule has 0 saturated heterocycles. The lowest BCUT2D eigenvalue weighted by Gasteiger charge is -2.07. The Morgan fingerprint density at radius 3 is 2.12 bits per heavy atom. The molecular formula is C19H18N4O. The maximum Gasteiger partial charge on any atom is 0.270 e. The number of nitrogens with one attached hydrogen (secondary N) is 2. The normalized spacial score (nSPS) is 10.2. The summed E-state index contributed by atoms with van der Waals surface area (Å²) < 4.78 is 0. The van der Waals surface area contributed by atoms with E-state index < -0.39 is 0 Å². The molecular weight excluding hydrogens is 300 g/mol. The van der Waals surface area contributed by atoms with Gasteiger partial charge in [-0.15, -0.1) is 0 Å². The van der Waals surface area contributed by atoms with Gasteiger partial charge in [-0.1, -0.05) is 60.7 Å². The third-order valence-electron chi connectivity index (χ3n) is 3.48. The van der Waals surface area contributed by atoms with Gasteiger partial charge in [0, 0.05) is 19.3 Å². The standard InChI is InChI=1S/C19H18N4O/c24-18(21-13-15-7-3-1-4-8-15)17-11-12-20-19(23-17)22-14-16-9-5-2-6-10-16/h1-12H,13-14H2,(H,21,24)(H,20,22,23). The molecule has 120 valence electrons. The van der Waals surface area contributed by atoms with E-state index in [4.69, 9.17) is 0 Å². The van der Waals surface area contributed by atoms with E-state index in [-0.39, 0.29) is 5.91 Å². The molecule has 2 N–H and O–H groups in total. The van der Waals surface area contributed by atoms with Crippen LogP contribution in [0.25, 0.3) is 0 Å². The fourth-order valence-electron chi connectivity index (χ4n) is 2.22. The number of carbonyl (C=O) groups excluding carboxylic acids is 1. The maximum absolute atomic E-state index is 12.2. The average molecular weight is 318 g/mol. The van der Waals surface area contributed by atoms with Crippen LogP contribution in [0.2, 0.25) is 0 Å². The van der Waals surface area contributed by atoms with E-state index in [1.165, 1.54) is 0 Å². The Kier molecular flexibility index (Phi) is 5.14. The first-order valence-electron chi connectivity index (χ1n) is 7.74. The van der Waals surface area contributed by atoms with Crippen molar-refractivity contribution in [2.24, 2.45) is 0 Å². The van der Waals surface area contributed by atoms with Crippen LogP contribution in [0.4, 0.5) is 5.95 Å². The molecule has 0 unspecified atom stereocenters. The molecule has 0 atom stereocenters. The summed E-state index contributed by atoms with van der Waals surface area (Å²) in [6, 6.07) is 21.3. The molecule has 0 radical (unpaired) electrons. The molecule has 0 bridgehead atoms. The van der Waals surface area contributed by atoms with Gasteiger partial charge in [0.15, 0.2) is 0 Å². The second-order valence-corrected chi connectivity index (χ2v) is 5.27. The predicted octanol–water partition coefficient (Wildman–Crippen LogP) is 3.02. The number of benzene rings is 2. The van der Waals surface area contributed by atoms with E-state index in [1.807, 2.05) is 60.7 Å². The number of anilines is 1. The van der Waals surface area contributed by atoms with E-state index in [0.29, 0.717) is 24.7 Å². The second-order valence-electron chi connectivity index (χ2n) is 5.27. The minimum absolute atomic E-state index is 0.219. The second kappa shape index (κ2) is 7.87. The van der Waals surface area contributed by atoms with Crippen molar-refractivity contribution in [3.63, 3.8) is 0 Å². The highest BCUT2D eigenvalue weighted by atomic mass is 16.1. The van der Waals surface area contributed by atoms with Crippen molar-refractivity contribution >= 4 is 11.9 Å². The van der Waals surface area contributed by atoms with Gasteiger partial charge in [0.05, 0.1) is 0 Å². The number of hydrogen-bond acceptors (Lipinski definition) is 4. The molecule has 0 aliphatic carbocycles. The maximum atomic E-state index is 12.2. The lowest BCUT2D eigenvalue weighted by atomic mass is 10.2. The van der Waals surface area contributed by atoms with Gasteiger partial charge in [0.2, 0.25) is 5.95 Å². The van der Waals surface area contributed by atoms with Crippen molar-refractivity contribution in [1.29, 1.82) is 0 Å². The first kappa shape index (κ1) is 15.7. The van der Waals surface area contributed by atoms with Crippen molar-refractivity contribution in [2.45, 2.75) is 13.1 Å². The molecule has 2 aromatic carbocycles. The van der Waals surface area contributed by atoms with Crippen LogP contribution in [0, 0.1) is 0 Å². The van der Waals surface area contributed by atoms with Gasteiger partial charge in [-0.3, -0.25) is 4.79 Å². The SMILES string of the molecule is O=C(NCc1ccccc1)c1ccnc(NCc2ccccc2)n1. The van der Waals surface area contributed by atoms with Crippen LogP contribution in [-0.2, 0) is 13.1 Å². The molecule has 3 aromatic rings. The molecule has 0 fully saturated rings. The monoisotopic (exact) mass is 318 g/mol. The first-order chi connectivity index (χ1) is 11.8. The van der Waals surface area contributed by atoms with Gasteiger partial charge < -0.3 is 10.6 Å². The van der Waals surface area contributed by atoms with E-state index >= 15 is 0 Å². The Morgan fingerprint density at radius 2 is 1.46 bits per heavy atom. The largest absolute Gasteiger partial charge is 0.350 e. The lowest BCUT2D eigenvalue weighted by Crippen LogP contribution is -2.24. The minimum atomic E-state index is -0.219. The first-order valence-corrected chi connectivity index (χ1v) is 7.74. The molecule has 0 saturated carbocycles. The van der Waals surface area contributed by atoms with Crippen LogP contribution in [0.5, 0.6) is 0 Å². The quantitative estimate of drug-likeness (QED) is 0.733. The summed E-state index contributed by atoms with van der Waals surface area (Å²) in [7, 11) is 0. The molecule has 3 rings (SSSR count). The summed E-state index contributed by atoms with van der Waals surface area (Å²) >= 11 is 0. The van der Waals surface area contributed by atoms with E-state index in [2.05, 4.69) is 20.6 Å². The summed E-state index contributed by atoms with van der Waals surface area (Å²) in [4.78, 5) is 20.6. The van der Waals surface area contributed by atoms with Gasteiger partial charge in [-0.25, -0.2) is 9.97 Å². The number of carbonyl (C=O) groups is 1. The zero-order chi connectivity index (χ0) is 16.6. The molecule has 5 heteroatoms. The summed E-state index contributed by atoms with van der Waals surface area (Å²) in [6.45, 7) is 1.08. The molecule has 0 spiro atoms. The van der Waals surface area contributed by atoms with Crippen molar-refractivity contribution in [3.05, 3.63) is 89.7 Å². The number of rotatable bonds is 6. The highest BCUT2D eigenvalue weighted by molar-refractivity contribution is 5.92. The van der Waals surface area contributed by atoms with Gasteiger partial charge in [-0.2, -0.15) is 0 Å². The molecule has 1 amide bonds. The number of amides is 1. The van der Waals surface area contributed by atoms with E-state index in [0.717, 1.165) is 11.1 Å². The van der Waals surface area contributed by atoms with Crippen molar-refractivity contribution in [1.82, 2.24) is 15.3 Å². The summed E-state index contributed by atoms with van der Waals surface area (Å²) in [5.41, 5.74) is 2.51. The Balaban J connectivity index is 1.59. The third-order valence-corrected chi connectivity index (χ3v) is 3.48. The van der Waals surface area contributed by atoms with E-state index in [9.17, 15) is 4.79 Å². The Bertz CT molecular complexity index is 791. The van der Waals surface area contributed by atoms with Gasteiger partial charge in [-0.05, 0) is 17.2 Å². The number of nitrogens with zero attached hydrogens (tertiary/aromatic N) is 2. The highest BCUT2D eigenvalue weighted by Gasteiger charge is 2.08. The molecule has 5 nitrogen and oxygen atoms in total. The van der Waals surface area contributed by atoms with Crippen LogP contribution in [-0.4, -0.2) is 15.9 Å². The van der Waals surface area contributed by atoms with Crippen LogP contribution in [0.15, 0.2) is 72.9 Å². The van der Waals surface area contributed by atoms with Crippen molar-refractivity contribution < 1.29 is 4.79 Å². The third kappa shape index (κ3) is 4.39. The minimum Gasteiger partial charge on any atom is -0.350 e. The Labute approximate surface area is 140 Å². The fraction of sp³-hybridized carbons (Fsp3) is 0.105. The Hall–Kier alpha value is -3.21. The zero-order valence-electron chi connectivity index (χ0n) is 13.1. The average Bonchev–Trinajstić information content (AvgIpc) is 2.66. The summed E-state index contributed by atoms with van der Waals surface area (Å²) in [5, 5.41) is 5.99. The van der Waals surface area contributed by atoms with Crippen LogP contribution in [0.3, 0.4) is 0 Å². The van der Waals surface area contributed by atoms with Gasteiger partial charge in [0.1, 0.15) is 5.69 Å². The fourth-order valence-corrected chi connectivity index (χ4v) is 2.22. The molecule has 24 heavy (non-hydrogen) atoms. The van der Waals surface area contributed by atoms with Crippen molar-refractivity contribution in [2.75, 3.05) is 5.32 Å². The van der Waals surface area contributed by atoms with E-state index in [1.54, 1.807) is 12.3 Å². The summed E-state index contributed by atoms with van der Waals surface area (Å²) in [6.07, 6.45) is 1.58. The van der Waals surface area contributed by atoms with Crippen LogP contribution in [0.1, 0.15) is 21.6 Å². The predicted molar refractivity (Wildman–Crippen MR) is 93.4 cm³/mol.